The maximum Gasteiger partial charge on any atom is 0.593 e. The van der Waals surface area contributed by atoms with Gasteiger partial charge in [0.05, 0.1) is 6.04 Å². The Labute approximate surface area is 229 Å². The standard InChI is InChI=1S/C26H33ClF3N5O2S/c1-33(38(37)26(28,29)30)24(19-2-4-22(27)5-3-19)20-9-14-35(15-10-20)25(36)21-7-12-34(13-8-21)17-18-6-11-32-23(31)16-18/h2-6,11,16,20-21,24H,7-10,12-15,17H2,1H3,(H2,31,32). The molecule has 208 valence electrons. The fourth-order valence-electron chi connectivity index (χ4n) is 5.59. The van der Waals surface area contributed by atoms with E-state index in [0.29, 0.717) is 42.3 Å². The van der Waals surface area contributed by atoms with Gasteiger partial charge in [0.1, 0.15) is 5.82 Å². The Bertz CT molecular complexity index is 1080. The van der Waals surface area contributed by atoms with Crippen molar-refractivity contribution >= 4 is 34.7 Å². The molecule has 4 rings (SSSR count). The first-order valence-corrected chi connectivity index (χ1v) is 14.2. The molecule has 7 nitrogen and oxygen atoms in total. The molecule has 2 unspecified atom stereocenters. The molecule has 2 aliphatic heterocycles. The molecule has 2 saturated heterocycles. The number of carbonyl (C=O) groups excluding carboxylic acids is 1. The van der Waals surface area contributed by atoms with Gasteiger partial charge in [-0.05, 0) is 80.1 Å². The Morgan fingerprint density at radius 3 is 2.37 bits per heavy atom. The second-order valence-electron chi connectivity index (χ2n) is 10.0. The molecule has 2 aliphatic rings. The van der Waals surface area contributed by atoms with Crippen molar-refractivity contribution in [2.24, 2.45) is 11.8 Å². The number of halogens is 4. The summed E-state index contributed by atoms with van der Waals surface area (Å²) in [4.78, 5) is 21.5. The third-order valence-electron chi connectivity index (χ3n) is 7.55. The van der Waals surface area contributed by atoms with Crippen LogP contribution in [0.15, 0.2) is 42.6 Å². The lowest BCUT2D eigenvalue weighted by Crippen LogP contribution is -2.48. The number of alkyl halides is 3. The number of anilines is 1. The molecule has 0 aliphatic carbocycles. The van der Waals surface area contributed by atoms with Crippen LogP contribution in [0.3, 0.4) is 0 Å². The molecular weight excluding hydrogens is 539 g/mol. The van der Waals surface area contributed by atoms with Crippen LogP contribution in [0.2, 0.25) is 5.02 Å². The van der Waals surface area contributed by atoms with Crippen LogP contribution in [0.5, 0.6) is 0 Å². The van der Waals surface area contributed by atoms with Crippen molar-refractivity contribution in [1.29, 1.82) is 0 Å². The molecule has 0 radical (unpaired) electrons. The van der Waals surface area contributed by atoms with Crippen LogP contribution < -0.4 is 5.73 Å². The van der Waals surface area contributed by atoms with Crippen molar-refractivity contribution in [2.45, 2.75) is 43.8 Å². The first-order valence-electron chi connectivity index (χ1n) is 12.7. The zero-order valence-electron chi connectivity index (χ0n) is 21.2. The van der Waals surface area contributed by atoms with Crippen LogP contribution in [0.1, 0.15) is 42.9 Å². The molecule has 2 atom stereocenters. The largest absolute Gasteiger partial charge is 0.593 e. The maximum absolute atomic E-state index is 13.3. The molecule has 2 aromatic rings. The van der Waals surface area contributed by atoms with E-state index in [-0.39, 0.29) is 17.7 Å². The predicted molar refractivity (Wildman–Crippen MR) is 142 cm³/mol. The van der Waals surface area contributed by atoms with Crippen LogP contribution in [-0.2, 0) is 22.7 Å². The highest BCUT2D eigenvalue weighted by atomic mass is 35.5. The Kier molecular flexibility index (Phi) is 9.46. The van der Waals surface area contributed by atoms with Gasteiger partial charge in [-0.15, -0.1) is 17.5 Å². The molecule has 1 aromatic carbocycles. The number of benzene rings is 1. The summed E-state index contributed by atoms with van der Waals surface area (Å²) in [5.41, 5.74) is 2.64. The number of nitrogen functional groups attached to an aromatic ring is 1. The summed E-state index contributed by atoms with van der Waals surface area (Å²) in [7, 11) is 1.24. The molecule has 1 amide bonds. The molecule has 1 aromatic heterocycles. The SMILES string of the molecule is CN(C(c1ccc(Cl)cc1)C1CCN(C(=O)C2CCN(Cc3ccnc(N)c3)CC2)CC1)[S+]([O-])C(F)(F)F. The number of hydrogen-bond acceptors (Lipinski definition) is 6. The Balaban J connectivity index is 1.34. The van der Waals surface area contributed by atoms with Crippen molar-refractivity contribution in [1.82, 2.24) is 19.1 Å². The number of piperidine rings is 2. The fourth-order valence-corrected chi connectivity index (χ4v) is 6.54. The van der Waals surface area contributed by atoms with E-state index in [1.54, 1.807) is 30.5 Å². The van der Waals surface area contributed by atoms with Crippen molar-refractivity contribution in [3.8, 4) is 0 Å². The monoisotopic (exact) mass is 571 g/mol. The minimum Gasteiger partial charge on any atom is -0.591 e. The number of hydrogen-bond donors (Lipinski definition) is 1. The van der Waals surface area contributed by atoms with Crippen LogP contribution in [0, 0.1) is 11.8 Å². The third-order valence-corrected chi connectivity index (χ3v) is 8.95. The van der Waals surface area contributed by atoms with E-state index >= 15 is 0 Å². The van der Waals surface area contributed by atoms with Crippen LogP contribution >= 0.6 is 11.6 Å². The second kappa shape index (κ2) is 12.4. The molecule has 38 heavy (non-hydrogen) atoms. The summed E-state index contributed by atoms with van der Waals surface area (Å²) < 4.78 is 53.1. The molecule has 2 N–H and O–H groups in total. The number of carbonyl (C=O) groups is 1. The van der Waals surface area contributed by atoms with Gasteiger partial charge in [-0.25, -0.2) is 4.98 Å². The summed E-state index contributed by atoms with van der Waals surface area (Å²) in [5, 5.41) is 0.475. The lowest BCUT2D eigenvalue weighted by Gasteiger charge is -2.41. The zero-order chi connectivity index (χ0) is 27.4. The quantitative estimate of drug-likeness (QED) is 0.488. The number of rotatable bonds is 7. The molecule has 12 heteroatoms. The van der Waals surface area contributed by atoms with Crippen LogP contribution in [-0.4, -0.2) is 68.3 Å². The molecule has 0 saturated carbocycles. The van der Waals surface area contributed by atoms with Gasteiger partial charge >= 0.3 is 5.51 Å². The van der Waals surface area contributed by atoms with E-state index in [4.69, 9.17) is 17.3 Å². The summed E-state index contributed by atoms with van der Waals surface area (Å²) in [6.45, 7) is 3.31. The van der Waals surface area contributed by atoms with Gasteiger partial charge in [-0.3, -0.25) is 9.69 Å². The fraction of sp³-hybridized carbons (Fsp3) is 0.538. The zero-order valence-corrected chi connectivity index (χ0v) is 22.8. The normalized spacial score (nSPS) is 20.0. The molecule has 0 bridgehead atoms. The number of pyridine rings is 1. The van der Waals surface area contributed by atoms with E-state index in [2.05, 4.69) is 9.88 Å². The van der Waals surface area contributed by atoms with Crippen molar-refractivity contribution in [3.05, 3.63) is 58.7 Å². The maximum atomic E-state index is 13.3. The van der Waals surface area contributed by atoms with Gasteiger partial charge in [0, 0.05) is 43.8 Å². The number of aromatic nitrogens is 1. The number of amides is 1. The minimum atomic E-state index is -4.85. The van der Waals surface area contributed by atoms with Gasteiger partial charge < -0.3 is 15.2 Å². The van der Waals surface area contributed by atoms with E-state index in [1.165, 1.54) is 7.05 Å². The average Bonchev–Trinajstić information content (AvgIpc) is 2.89. The van der Waals surface area contributed by atoms with Gasteiger partial charge in [-0.1, -0.05) is 23.7 Å². The summed E-state index contributed by atoms with van der Waals surface area (Å²) in [6.07, 6.45) is 4.28. The van der Waals surface area contributed by atoms with E-state index in [1.807, 2.05) is 17.0 Å². The van der Waals surface area contributed by atoms with E-state index in [9.17, 15) is 22.5 Å². The van der Waals surface area contributed by atoms with Gasteiger partial charge in [-0.2, -0.15) is 0 Å². The van der Waals surface area contributed by atoms with Crippen molar-refractivity contribution in [3.63, 3.8) is 0 Å². The summed E-state index contributed by atoms with van der Waals surface area (Å²) in [5.74, 6) is 0.362. The Hall–Kier alpha value is -2.05. The first kappa shape index (κ1) is 28.9. The molecule has 0 spiro atoms. The topological polar surface area (TPSA) is 88.8 Å². The van der Waals surface area contributed by atoms with Crippen molar-refractivity contribution < 1.29 is 22.5 Å². The van der Waals surface area contributed by atoms with Gasteiger partial charge in [0.2, 0.25) is 5.91 Å². The summed E-state index contributed by atoms with van der Waals surface area (Å²) >= 11 is 2.84. The highest BCUT2D eigenvalue weighted by molar-refractivity contribution is 7.89. The van der Waals surface area contributed by atoms with Crippen molar-refractivity contribution in [2.75, 3.05) is 39.0 Å². The first-order chi connectivity index (χ1) is 18.0. The number of likely N-dealkylation sites (tertiary alicyclic amines) is 2. The van der Waals surface area contributed by atoms with Crippen LogP contribution in [0.25, 0.3) is 0 Å². The third kappa shape index (κ3) is 7.12. The number of nitrogens with two attached hydrogens (primary N) is 1. The van der Waals surface area contributed by atoms with E-state index in [0.717, 1.165) is 42.3 Å². The predicted octanol–water partition coefficient (Wildman–Crippen LogP) is 4.62. The second-order valence-corrected chi connectivity index (χ2v) is 12.0. The molecule has 2 fully saturated rings. The Morgan fingerprint density at radius 2 is 1.79 bits per heavy atom. The molecular formula is C26H33ClF3N5O2S. The lowest BCUT2D eigenvalue weighted by atomic mass is 9.84. The lowest BCUT2D eigenvalue weighted by molar-refractivity contribution is -0.138. The molecule has 3 heterocycles. The average molecular weight is 572 g/mol. The minimum absolute atomic E-state index is 0.0576. The van der Waals surface area contributed by atoms with Gasteiger partial charge in [0.25, 0.3) is 0 Å². The Morgan fingerprint density at radius 1 is 1.16 bits per heavy atom. The van der Waals surface area contributed by atoms with Crippen LogP contribution in [0.4, 0.5) is 19.0 Å². The highest BCUT2D eigenvalue weighted by Gasteiger charge is 2.51. The van der Waals surface area contributed by atoms with Gasteiger partial charge in [0.15, 0.2) is 11.4 Å². The highest BCUT2D eigenvalue weighted by Crippen LogP contribution is 2.40. The van der Waals surface area contributed by atoms with E-state index < -0.39 is 22.9 Å². The summed E-state index contributed by atoms with van der Waals surface area (Å²) in [6, 6.07) is 9.71. The number of nitrogens with zero attached hydrogens (tertiary/aromatic N) is 4. The smallest absolute Gasteiger partial charge is 0.591 e.